The molecule has 4 aromatic carbocycles. The van der Waals surface area contributed by atoms with Gasteiger partial charge >= 0.3 is 11.9 Å². The highest BCUT2D eigenvalue weighted by molar-refractivity contribution is 5.88. The van der Waals surface area contributed by atoms with Crippen molar-refractivity contribution in [2.24, 2.45) is 0 Å². The number of rotatable bonds is 7. The van der Waals surface area contributed by atoms with Crippen LogP contribution in [0.4, 0.5) is 0 Å². The summed E-state index contributed by atoms with van der Waals surface area (Å²) >= 11 is 0. The van der Waals surface area contributed by atoms with E-state index in [1.807, 2.05) is 0 Å². The molecular weight excluding hydrogens is 464 g/mol. The number of phenols is 2. The third-order valence-electron chi connectivity index (χ3n) is 5.79. The number of carboxylic acids is 1. The monoisotopic (exact) mass is 486 g/mol. The zero-order valence-corrected chi connectivity index (χ0v) is 18.8. The first-order valence-corrected chi connectivity index (χ1v) is 10.8. The number of phenolic OH excluding ortho intramolecular Hbond substituents is 2. The van der Waals surface area contributed by atoms with Crippen molar-refractivity contribution in [1.29, 1.82) is 0 Å². The van der Waals surface area contributed by atoms with E-state index in [-0.39, 0.29) is 39.5 Å². The van der Waals surface area contributed by atoms with Crippen LogP contribution in [0.5, 0.6) is 17.2 Å². The van der Waals surface area contributed by atoms with Crippen LogP contribution in [-0.4, -0.2) is 37.5 Å². The van der Waals surface area contributed by atoms with Gasteiger partial charge in [0.2, 0.25) is 11.2 Å². The molecule has 0 spiro atoms. The van der Waals surface area contributed by atoms with E-state index in [0.29, 0.717) is 0 Å². The Labute approximate surface area is 205 Å². The van der Waals surface area contributed by atoms with Crippen LogP contribution in [0.2, 0.25) is 0 Å². The average Bonchev–Trinajstić information content (AvgIpc) is 2.88. The summed E-state index contributed by atoms with van der Waals surface area (Å²) in [7, 11) is 0. The van der Waals surface area contributed by atoms with Crippen molar-refractivity contribution in [1.82, 2.24) is 0 Å². The van der Waals surface area contributed by atoms with Crippen molar-refractivity contribution in [3.63, 3.8) is 0 Å². The molecule has 0 aliphatic heterocycles. The zero-order valence-electron chi connectivity index (χ0n) is 18.8. The van der Waals surface area contributed by atoms with Crippen molar-refractivity contribution in [2.75, 3.05) is 0 Å². The number of carboxylic acid groups (broad SMARTS) is 1. The Balaban J connectivity index is 1.76. The number of ether oxygens (including phenoxy) is 1. The van der Waals surface area contributed by atoms with E-state index in [4.69, 9.17) is 4.74 Å². The molecule has 2 atom stereocenters. The lowest BCUT2D eigenvalue weighted by Crippen LogP contribution is -2.40. The van der Waals surface area contributed by atoms with Gasteiger partial charge in [-0.3, -0.25) is 0 Å². The van der Waals surface area contributed by atoms with Crippen LogP contribution in [0.1, 0.15) is 22.3 Å². The lowest BCUT2D eigenvalue weighted by atomic mass is 9.85. The molecule has 5 N–H and O–H groups in total. The molecule has 0 amide bonds. The van der Waals surface area contributed by atoms with E-state index < -0.39 is 23.1 Å². The minimum Gasteiger partial charge on any atom is -0.508 e. The Bertz CT molecular complexity index is 1420. The Morgan fingerprint density at radius 1 is 0.583 bits per heavy atom. The Hall–Kier alpha value is -4.66. The number of hydrogen-bond donors (Lipinski definition) is 5. The molecule has 8 nitrogen and oxygen atoms in total. The second kappa shape index (κ2) is 9.53. The number of carbonyl (C=O) groups is 2. The van der Waals surface area contributed by atoms with E-state index in [1.165, 1.54) is 72.8 Å². The Morgan fingerprint density at radius 3 is 1.58 bits per heavy atom. The van der Waals surface area contributed by atoms with Crippen LogP contribution in [0.3, 0.4) is 0 Å². The summed E-state index contributed by atoms with van der Waals surface area (Å²) < 4.78 is 5.48. The smallest absolute Gasteiger partial charge is 0.353 e. The van der Waals surface area contributed by atoms with Gasteiger partial charge in [-0.25, -0.2) is 9.59 Å². The van der Waals surface area contributed by atoms with Gasteiger partial charge in [0, 0.05) is 16.7 Å². The van der Waals surface area contributed by atoms with Gasteiger partial charge in [0.25, 0.3) is 0 Å². The van der Waals surface area contributed by atoms with Gasteiger partial charge in [-0.2, -0.15) is 0 Å². The second-order valence-corrected chi connectivity index (χ2v) is 8.11. The first-order valence-electron chi connectivity index (χ1n) is 10.8. The summed E-state index contributed by atoms with van der Waals surface area (Å²) in [5, 5.41) is 52.3. The first kappa shape index (κ1) is 24.5. The van der Waals surface area contributed by atoms with Crippen LogP contribution in [0.15, 0.2) is 103 Å². The first-order chi connectivity index (χ1) is 17.2. The number of esters is 1. The third kappa shape index (κ3) is 4.38. The Kier molecular flexibility index (Phi) is 6.48. The maximum Gasteiger partial charge on any atom is 0.353 e. The van der Waals surface area contributed by atoms with Gasteiger partial charge < -0.3 is 30.3 Å². The van der Waals surface area contributed by atoms with Crippen molar-refractivity contribution in [2.45, 2.75) is 11.2 Å². The van der Waals surface area contributed by atoms with E-state index in [1.54, 1.807) is 18.2 Å². The number of carbonyl (C=O) groups excluding carboxylic acids is 1. The maximum absolute atomic E-state index is 13.4. The second-order valence-electron chi connectivity index (χ2n) is 8.11. The predicted octanol–water partition coefficient (Wildman–Crippen LogP) is 3.26. The summed E-state index contributed by atoms with van der Waals surface area (Å²) in [6.07, 6.45) is 0. The fourth-order valence-electron chi connectivity index (χ4n) is 3.92. The summed E-state index contributed by atoms with van der Waals surface area (Å²) in [6.45, 7) is 0. The molecule has 0 aromatic heterocycles. The lowest BCUT2D eigenvalue weighted by molar-refractivity contribution is -0.155. The van der Waals surface area contributed by atoms with Crippen molar-refractivity contribution < 1.29 is 39.9 Å². The summed E-state index contributed by atoms with van der Waals surface area (Å²) in [6, 6.07) is 23.9. The number of aromatic hydroxyl groups is 2. The SMILES string of the molecule is O=C(O)C(O)(c1cccc(O)c1)c1cccc(OC(=O)[C@](O)(c2ccccc2)c2cccc(O)c2)c1. The van der Waals surface area contributed by atoms with Crippen molar-refractivity contribution in [3.8, 4) is 17.2 Å². The minimum atomic E-state index is -2.57. The molecule has 36 heavy (non-hydrogen) atoms. The van der Waals surface area contributed by atoms with E-state index in [0.717, 1.165) is 12.1 Å². The molecule has 0 fully saturated rings. The molecule has 0 radical (unpaired) electrons. The number of aliphatic carboxylic acids is 1. The molecule has 182 valence electrons. The molecule has 0 aliphatic carbocycles. The summed E-state index contributed by atoms with van der Waals surface area (Å²) in [5.74, 6) is -3.29. The van der Waals surface area contributed by atoms with Crippen molar-refractivity contribution >= 4 is 11.9 Å². The fraction of sp³-hybridized carbons (Fsp3) is 0.0714. The third-order valence-corrected chi connectivity index (χ3v) is 5.79. The molecule has 0 heterocycles. The molecular formula is C28H22O8. The quantitative estimate of drug-likeness (QED) is 0.198. The zero-order chi connectivity index (χ0) is 25.9. The average molecular weight is 486 g/mol. The molecule has 8 heteroatoms. The highest BCUT2D eigenvalue weighted by Crippen LogP contribution is 2.36. The topological polar surface area (TPSA) is 145 Å². The van der Waals surface area contributed by atoms with Crippen LogP contribution >= 0.6 is 0 Å². The number of aliphatic hydroxyl groups is 2. The molecule has 4 aromatic rings. The van der Waals surface area contributed by atoms with Crippen LogP contribution in [0.25, 0.3) is 0 Å². The van der Waals surface area contributed by atoms with Crippen LogP contribution in [-0.2, 0) is 20.8 Å². The summed E-state index contributed by atoms with van der Waals surface area (Å²) in [5.41, 5.74) is -4.91. The van der Waals surface area contributed by atoms with Gasteiger partial charge in [-0.05, 0) is 42.0 Å². The van der Waals surface area contributed by atoms with Crippen LogP contribution in [0, 0.1) is 0 Å². The van der Waals surface area contributed by atoms with E-state index >= 15 is 0 Å². The molecule has 1 unspecified atom stereocenters. The molecule has 0 saturated heterocycles. The van der Waals surface area contributed by atoms with E-state index in [9.17, 15) is 35.1 Å². The maximum atomic E-state index is 13.4. The van der Waals surface area contributed by atoms with Gasteiger partial charge in [-0.1, -0.05) is 66.7 Å². The lowest BCUT2D eigenvalue weighted by Gasteiger charge is -2.28. The van der Waals surface area contributed by atoms with E-state index in [2.05, 4.69) is 0 Å². The molecule has 0 aliphatic rings. The minimum absolute atomic E-state index is 0.0525. The van der Waals surface area contributed by atoms with Gasteiger partial charge in [0.1, 0.15) is 17.2 Å². The van der Waals surface area contributed by atoms with Gasteiger partial charge in [-0.15, -0.1) is 0 Å². The predicted molar refractivity (Wildman–Crippen MR) is 128 cm³/mol. The molecule has 4 rings (SSSR count). The largest absolute Gasteiger partial charge is 0.508 e. The fourth-order valence-corrected chi connectivity index (χ4v) is 3.92. The summed E-state index contributed by atoms with van der Waals surface area (Å²) in [4.78, 5) is 25.5. The normalized spacial score (nSPS) is 14.3. The molecule has 0 saturated carbocycles. The van der Waals surface area contributed by atoms with Gasteiger partial charge in [0.15, 0.2) is 0 Å². The standard InChI is InChI=1S/C28H22O8/c29-22-12-4-9-19(15-22)27(34,25(31)32)21-11-6-14-24(17-21)36-26(33)28(35,18-7-2-1-3-8-18)20-10-5-13-23(30)16-20/h1-17,29-30,34-35H,(H,31,32)/t27?,28-/m0/s1. The van der Waals surface area contributed by atoms with Crippen LogP contribution < -0.4 is 4.74 Å². The van der Waals surface area contributed by atoms with Gasteiger partial charge in [0.05, 0.1) is 0 Å². The highest BCUT2D eigenvalue weighted by Gasteiger charge is 2.43. The molecule has 0 bridgehead atoms. The number of benzene rings is 4. The highest BCUT2D eigenvalue weighted by atomic mass is 16.6. The number of hydrogen-bond acceptors (Lipinski definition) is 7. The Morgan fingerprint density at radius 2 is 1.06 bits per heavy atom. The van der Waals surface area contributed by atoms with Crippen molar-refractivity contribution in [3.05, 3.63) is 125 Å².